The first-order valence-electron chi connectivity index (χ1n) is 11.9. The Kier molecular flexibility index (Phi) is 7.65. The lowest BCUT2D eigenvalue weighted by Crippen LogP contribution is -2.26. The molecule has 0 saturated heterocycles. The largest absolute Gasteiger partial charge is 0.481 e. The number of hydrogen-bond acceptors (Lipinski definition) is 2. The van der Waals surface area contributed by atoms with Crippen LogP contribution in [0.1, 0.15) is 48.4 Å². The lowest BCUT2D eigenvalue weighted by Gasteiger charge is -2.25. The summed E-state index contributed by atoms with van der Waals surface area (Å²) in [5.74, 6) is 5.30. The second kappa shape index (κ2) is 11.0. The summed E-state index contributed by atoms with van der Waals surface area (Å²) in [5, 5.41) is 9.26. The number of rotatable bonds is 9. The van der Waals surface area contributed by atoms with Gasteiger partial charge in [0.25, 0.3) is 0 Å². The number of aryl methyl sites for hydroxylation is 1. The monoisotopic (exact) mass is 455 g/mol. The van der Waals surface area contributed by atoms with Gasteiger partial charge >= 0.3 is 5.97 Å². The van der Waals surface area contributed by atoms with E-state index in [1.54, 1.807) is 12.1 Å². The maximum Gasteiger partial charge on any atom is 0.306 e. The zero-order chi connectivity index (χ0) is 23.9. The molecule has 1 N–H and O–H groups in total. The van der Waals surface area contributed by atoms with E-state index in [2.05, 4.69) is 60.1 Å². The summed E-state index contributed by atoms with van der Waals surface area (Å²) in [7, 11) is 0. The maximum atomic E-state index is 13.4. The van der Waals surface area contributed by atoms with Gasteiger partial charge in [0, 0.05) is 29.9 Å². The van der Waals surface area contributed by atoms with Crippen LogP contribution >= 0.6 is 0 Å². The molecule has 1 aliphatic rings. The van der Waals surface area contributed by atoms with Crippen molar-refractivity contribution in [1.29, 1.82) is 0 Å². The first-order chi connectivity index (χ1) is 16.5. The Morgan fingerprint density at radius 1 is 0.941 bits per heavy atom. The summed E-state index contributed by atoms with van der Waals surface area (Å²) in [6, 6.07) is 23.0. The molecule has 0 aliphatic heterocycles. The Balaban J connectivity index is 1.42. The Morgan fingerprint density at radius 3 is 2.06 bits per heavy atom. The lowest BCUT2D eigenvalue weighted by atomic mass is 10.1. The van der Waals surface area contributed by atoms with Gasteiger partial charge in [0.2, 0.25) is 0 Å². The highest BCUT2D eigenvalue weighted by Crippen LogP contribution is 2.40. The molecule has 0 spiro atoms. The highest BCUT2D eigenvalue weighted by atomic mass is 19.1. The van der Waals surface area contributed by atoms with Gasteiger partial charge in [0.05, 0.1) is 5.92 Å². The predicted molar refractivity (Wildman–Crippen MR) is 134 cm³/mol. The molecule has 1 aliphatic carbocycles. The molecule has 0 aromatic heterocycles. The van der Waals surface area contributed by atoms with Gasteiger partial charge in [-0.3, -0.25) is 4.79 Å². The molecule has 0 heterocycles. The fraction of sp³-hybridized carbons (Fsp3) is 0.300. The van der Waals surface area contributed by atoms with E-state index in [-0.39, 0.29) is 17.7 Å². The van der Waals surface area contributed by atoms with Crippen molar-refractivity contribution in [2.45, 2.75) is 39.2 Å². The van der Waals surface area contributed by atoms with Crippen LogP contribution in [0.5, 0.6) is 0 Å². The van der Waals surface area contributed by atoms with Crippen molar-refractivity contribution in [3.05, 3.63) is 101 Å². The van der Waals surface area contributed by atoms with E-state index in [0.29, 0.717) is 19.5 Å². The highest BCUT2D eigenvalue weighted by molar-refractivity contribution is 5.73. The van der Waals surface area contributed by atoms with Gasteiger partial charge in [0.15, 0.2) is 0 Å². The summed E-state index contributed by atoms with van der Waals surface area (Å²) < 4.78 is 13.4. The molecule has 3 aromatic carbocycles. The zero-order valence-electron chi connectivity index (χ0n) is 19.5. The van der Waals surface area contributed by atoms with Gasteiger partial charge in [-0.1, -0.05) is 49.5 Å². The lowest BCUT2D eigenvalue weighted by molar-refractivity contribution is -0.138. The van der Waals surface area contributed by atoms with Crippen molar-refractivity contribution >= 4 is 11.7 Å². The molecule has 34 heavy (non-hydrogen) atoms. The molecule has 1 fully saturated rings. The van der Waals surface area contributed by atoms with Crippen molar-refractivity contribution in [3.63, 3.8) is 0 Å². The van der Waals surface area contributed by atoms with Crippen LogP contribution in [0.4, 0.5) is 10.1 Å². The third kappa shape index (κ3) is 6.48. The van der Waals surface area contributed by atoms with E-state index < -0.39 is 5.97 Å². The van der Waals surface area contributed by atoms with Crippen molar-refractivity contribution in [3.8, 4) is 11.8 Å². The third-order valence-electron chi connectivity index (χ3n) is 6.34. The second-order valence-corrected chi connectivity index (χ2v) is 9.04. The van der Waals surface area contributed by atoms with E-state index in [0.717, 1.165) is 28.8 Å². The molecule has 3 aromatic rings. The van der Waals surface area contributed by atoms with Gasteiger partial charge in [-0.25, -0.2) is 4.39 Å². The Morgan fingerprint density at radius 2 is 1.53 bits per heavy atom. The van der Waals surface area contributed by atoms with Gasteiger partial charge in [-0.05, 0) is 84.8 Å². The smallest absolute Gasteiger partial charge is 0.306 e. The molecule has 1 saturated carbocycles. The number of unbranched alkanes of at least 4 members (excludes halogenated alkanes) is 1. The van der Waals surface area contributed by atoms with Crippen LogP contribution < -0.4 is 4.90 Å². The van der Waals surface area contributed by atoms with Gasteiger partial charge < -0.3 is 10.0 Å². The van der Waals surface area contributed by atoms with E-state index in [4.69, 9.17) is 0 Å². The van der Waals surface area contributed by atoms with Crippen LogP contribution in [0.25, 0.3) is 0 Å². The van der Waals surface area contributed by atoms with E-state index in [1.165, 1.54) is 30.5 Å². The SMILES string of the molecule is CCCCc1ccc(C#Cc2ccc(CN(CC3CC3C(=O)O)c3ccc(F)cc3)cc2)cc1. The zero-order valence-corrected chi connectivity index (χ0v) is 19.5. The number of carbonyl (C=O) groups is 1. The van der Waals surface area contributed by atoms with Crippen molar-refractivity contribution in [2.75, 3.05) is 11.4 Å². The average molecular weight is 456 g/mol. The maximum absolute atomic E-state index is 13.4. The third-order valence-corrected chi connectivity index (χ3v) is 6.34. The summed E-state index contributed by atoms with van der Waals surface area (Å²) in [6.07, 6.45) is 4.21. The van der Waals surface area contributed by atoms with Crippen LogP contribution in [-0.2, 0) is 17.8 Å². The second-order valence-electron chi connectivity index (χ2n) is 9.04. The molecule has 0 amide bonds. The Labute approximate surface area is 201 Å². The topological polar surface area (TPSA) is 40.5 Å². The number of benzene rings is 3. The van der Waals surface area contributed by atoms with Crippen molar-refractivity contribution in [2.24, 2.45) is 11.8 Å². The minimum Gasteiger partial charge on any atom is -0.481 e. The molecule has 2 atom stereocenters. The molecular weight excluding hydrogens is 425 g/mol. The average Bonchev–Trinajstić information content (AvgIpc) is 3.63. The van der Waals surface area contributed by atoms with Crippen LogP contribution in [0.15, 0.2) is 72.8 Å². The predicted octanol–water partition coefficient (Wildman–Crippen LogP) is 6.30. The van der Waals surface area contributed by atoms with Crippen LogP contribution in [-0.4, -0.2) is 17.6 Å². The standard InChI is InChI=1S/C30H30FNO2/c1-2-3-4-22-5-7-23(8-6-22)9-10-24-11-13-25(14-12-24)20-32(21-26-19-29(26)30(33)34)28-17-15-27(31)16-18-28/h5-8,11-18,26,29H,2-4,19-21H2,1H3,(H,33,34). The van der Waals surface area contributed by atoms with Gasteiger partial charge in [0.1, 0.15) is 5.82 Å². The fourth-order valence-corrected chi connectivity index (χ4v) is 4.14. The first kappa shape index (κ1) is 23.6. The van der Waals surface area contributed by atoms with Crippen LogP contribution in [0.3, 0.4) is 0 Å². The van der Waals surface area contributed by atoms with Crippen LogP contribution in [0, 0.1) is 29.5 Å². The highest BCUT2D eigenvalue weighted by Gasteiger charge is 2.43. The number of anilines is 1. The number of nitrogens with zero attached hydrogens (tertiary/aromatic N) is 1. The Bertz CT molecular complexity index is 1160. The molecular formula is C30H30FNO2. The number of carboxylic acid groups (broad SMARTS) is 1. The quantitative estimate of drug-likeness (QED) is 0.385. The number of aliphatic carboxylic acids is 1. The first-order valence-corrected chi connectivity index (χ1v) is 11.9. The number of hydrogen-bond donors (Lipinski definition) is 1. The van der Waals surface area contributed by atoms with E-state index in [1.807, 2.05) is 12.1 Å². The molecule has 3 nitrogen and oxygen atoms in total. The van der Waals surface area contributed by atoms with Crippen LogP contribution in [0.2, 0.25) is 0 Å². The van der Waals surface area contributed by atoms with E-state index >= 15 is 0 Å². The van der Waals surface area contributed by atoms with Gasteiger partial charge in [-0.15, -0.1) is 0 Å². The summed E-state index contributed by atoms with van der Waals surface area (Å²) >= 11 is 0. The summed E-state index contributed by atoms with van der Waals surface area (Å²) in [4.78, 5) is 13.4. The molecule has 4 heteroatoms. The molecule has 174 valence electrons. The minimum absolute atomic E-state index is 0.126. The molecule has 0 bridgehead atoms. The van der Waals surface area contributed by atoms with Gasteiger partial charge in [-0.2, -0.15) is 0 Å². The minimum atomic E-state index is -0.734. The van der Waals surface area contributed by atoms with Crippen molar-refractivity contribution < 1.29 is 14.3 Å². The molecule has 2 unspecified atom stereocenters. The normalized spacial score (nSPS) is 16.4. The van der Waals surface area contributed by atoms with Crippen molar-refractivity contribution in [1.82, 2.24) is 0 Å². The van der Waals surface area contributed by atoms with E-state index in [9.17, 15) is 14.3 Å². The number of halogens is 1. The molecule has 4 rings (SSSR count). The molecule has 0 radical (unpaired) electrons. The summed E-state index contributed by atoms with van der Waals surface area (Å²) in [5.41, 5.74) is 5.29. The number of carboxylic acids is 1. The fourth-order valence-electron chi connectivity index (χ4n) is 4.14. The Hall–Kier alpha value is -3.58. The summed E-state index contributed by atoms with van der Waals surface area (Å²) in [6.45, 7) is 3.47.